The lowest BCUT2D eigenvalue weighted by molar-refractivity contribution is 0.620. The Morgan fingerprint density at radius 3 is 1.78 bits per heavy atom. The third-order valence-electron chi connectivity index (χ3n) is 3.57. The minimum Gasteiger partial charge on any atom is -0.336 e. The van der Waals surface area contributed by atoms with E-state index in [1.54, 1.807) is 0 Å². The minimum atomic E-state index is -1.56. The lowest BCUT2D eigenvalue weighted by Gasteiger charge is -2.44. The molecule has 0 bridgehead atoms. The Morgan fingerprint density at radius 1 is 0.944 bits per heavy atom. The van der Waals surface area contributed by atoms with E-state index >= 15 is 0 Å². The summed E-state index contributed by atoms with van der Waals surface area (Å²) in [7, 11) is -3.12. The molecule has 0 saturated carbocycles. The molecule has 0 aliphatic rings. The second kappa shape index (κ2) is 5.82. The summed E-state index contributed by atoms with van der Waals surface area (Å²) in [5.74, 6) is 0. The quantitative estimate of drug-likeness (QED) is 0.698. The minimum absolute atomic E-state index is 1.01. The van der Waals surface area contributed by atoms with Gasteiger partial charge in [0.2, 0.25) is 0 Å². The number of hydrogen-bond acceptors (Lipinski definition) is 1. The van der Waals surface area contributed by atoms with Crippen molar-refractivity contribution in [3.63, 3.8) is 0 Å². The van der Waals surface area contributed by atoms with Gasteiger partial charge in [-0.2, -0.15) is 0 Å². The van der Waals surface area contributed by atoms with Gasteiger partial charge in [-0.15, -0.1) is 13.2 Å². The highest BCUT2D eigenvalue weighted by Crippen LogP contribution is 2.24. The van der Waals surface area contributed by atoms with Gasteiger partial charge in [0.1, 0.15) is 16.5 Å². The van der Waals surface area contributed by atoms with Gasteiger partial charge in [0.25, 0.3) is 0 Å². The fourth-order valence-corrected chi connectivity index (χ4v) is 10.2. The Morgan fingerprint density at radius 2 is 1.39 bits per heavy atom. The summed E-state index contributed by atoms with van der Waals surface area (Å²) in [5, 5.41) is 0. The summed E-state index contributed by atoms with van der Waals surface area (Å²) in [4.78, 5) is 0. The van der Waals surface area contributed by atoms with Crippen molar-refractivity contribution in [2.24, 2.45) is 0 Å². The van der Waals surface area contributed by atoms with Crippen LogP contribution in [0.4, 0.5) is 0 Å². The molecule has 0 saturated heterocycles. The molecule has 18 heavy (non-hydrogen) atoms. The molecule has 1 aromatic carbocycles. The molecule has 0 spiro atoms. The standard InChI is InChI=1S/C15H25NSi2/c1-7-17(3,4)16(18(5,6)8-2)14-15-12-10-9-11-13-15/h7-13H,1-2,14H2,3-6H3. The van der Waals surface area contributed by atoms with E-state index in [4.69, 9.17) is 0 Å². The fraction of sp³-hybridized carbons (Fsp3) is 0.333. The van der Waals surface area contributed by atoms with Crippen LogP contribution in [-0.4, -0.2) is 20.7 Å². The summed E-state index contributed by atoms with van der Waals surface area (Å²) in [6.45, 7) is 18.6. The highest BCUT2D eigenvalue weighted by atomic mass is 28.4. The third kappa shape index (κ3) is 3.54. The van der Waals surface area contributed by atoms with Gasteiger partial charge in [-0.25, -0.2) is 0 Å². The number of benzene rings is 1. The van der Waals surface area contributed by atoms with Crippen LogP contribution in [0, 0.1) is 0 Å². The van der Waals surface area contributed by atoms with Gasteiger partial charge in [0.05, 0.1) is 0 Å². The van der Waals surface area contributed by atoms with E-state index < -0.39 is 16.5 Å². The van der Waals surface area contributed by atoms with E-state index in [0.29, 0.717) is 0 Å². The van der Waals surface area contributed by atoms with Crippen LogP contribution in [-0.2, 0) is 6.54 Å². The molecule has 0 unspecified atom stereocenters. The van der Waals surface area contributed by atoms with Crippen LogP contribution in [0.25, 0.3) is 0 Å². The average molecular weight is 276 g/mol. The summed E-state index contributed by atoms with van der Waals surface area (Å²) in [6, 6.07) is 10.7. The van der Waals surface area contributed by atoms with Crippen molar-refractivity contribution in [3.8, 4) is 0 Å². The highest BCUT2D eigenvalue weighted by Gasteiger charge is 2.36. The SMILES string of the molecule is C=C[Si](C)(C)N(Cc1ccccc1)[Si](C)(C)C=C. The molecule has 3 heteroatoms. The van der Waals surface area contributed by atoms with E-state index in [1.165, 1.54) is 5.56 Å². The average Bonchev–Trinajstić information content (AvgIpc) is 2.37. The molecule has 1 nitrogen and oxygen atoms in total. The molecule has 0 heterocycles. The molecule has 1 aromatic rings. The van der Waals surface area contributed by atoms with Crippen LogP contribution >= 0.6 is 0 Å². The van der Waals surface area contributed by atoms with E-state index in [0.717, 1.165) is 6.54 Å². The van der Waals surface area contributed by atoms with Gasteiger partial charge in [-0.1, -0.05) is 67.9 Å². The Balaban J connectivity index is 3.07. The predicted molar refractivity (Wildman–Crippen MR) is 87.3 cm³/mol. The van der Waals surface area contributed by atoms with Crippen LogP contribution in [0.15, 0.2) is 54.9 Å². The first kappa shape index (κ1) is 15.2. The van der Waals surface area contributed by atoms with Crippen molar-refractivity contribution in [1.29, 1.82) is 0 Å². The molecule has 98 valence electrons. The monoisotopic (exact) mass is 275 g/mol. The number of rotatable bonds is 6. The molecular formula is C15H25NSi2. The van der Waals surface area contributed by atoms with Crippen molar-refractivity contribution in [1.82, 2.24) is 4.23 Å². The second-order valence-corrected chi connectivity index (χ2v) is 14.7. The molecule has 0 aliphatic carbocycles. The predicted octanol–water partition coefficient (Wildman–Crippen LogP) is 4.35. The van der Waals surface area contributed by atoms with Gasteiger partial charge in [0, 0.05) is 6.54 Å². The Hall–Kier alpha value is -0.906. The number of hydrogen-bond donors (Lipinski definition) is 0. The lowest BCUT2D eigenvalue weighted by Crippen LogP contribution is -2.59. The van der Waals surface area contributed by atoms with Crippen LogP contribution in [0.5, 0.6) is 0 Å². The van der Waals surface area contributed by atoms with Crippen molar-refractivity contribution in [2.75, 3.05) is 0 Å². The zero-order valence-electron chi connectivity index (χ0n) is 12.1. The van der Waals surface area contributed by atoms with Crippen LogP contribution < -0.4 is 0 Å². The first-order chi connectivity index (χ1) is 8.33. The first-order valence-electron chi connectivity index (χ1n) is 6.42. The largest absolute Gasteiger partial charge is 0.336 e. The van der Waals surface area contributed by atoms with Gasteiger partial charge in [-0.3, -0.25) is 0 Å². The molecule has 0 amide bonds. The van der Waals surface area contributed by atoms with Crippen molar-refractivity contribution >= 4 is 16.5 Å². The summed E-state index contributed by atoms with van der Waals surface area (Å²) < 4.78 is 2.69. The van der Waals surface area contributed by atoms with Crippen LogP contribution in [0.2, 0.25) is 26.2 Å². The lowest BCUT2D eigenvalue weighted by atomic mass is 10.2. The summed E-state index contributed by atoms with van der Waals surface area (Å²) in [6.07, 6.45) is 0. The Bertz CT molecular complexity index is 390. The van der Waals surface area contributed by atoms with Gasteiger partial charge in [0.15, 0.2) is 0 Å². The van der Waals surface area contributed by atoms with Crippen LogP contribution in [0.1, 0.15) is 5.56 Å². The molecule has 0 atom stereocenters. The first-order valence-corrected chi connectivity index (χ1v) is 12.5. The molecule has 1 rings (SSSR count). The molecular weight excluding hydrogens is 250 g/mol. The molecule has 0 aliphatic heterocycles. The Kier molecular flexibility index (Phi) is 4.90. The summed E-state index contributed by atoms with van der Waals surface area (Å²) >= 11 is 0. The maximum Gasteiger partial charge on any atom is 0.140 e. The fourth-order valence-electron chi connectivity index (χ4n) is 2.14. The molecule has 0 fully saturated rings. The van der Waals surface area contributed by atoms with E-state index in [-0.39, 0.29) is 0 Å². The van der Waals surface area contributed by atoms with Gasteiger partial charge >= 0.3 is 0 Å². The molecule has 0 radical (unpaired) electrons. The topological polar surface area (TPSA) is 3.24 Å². The van der Waals surface area contributed by atoms with E-state index in [2.05, 4.69) is 85.3 Å². The highest BCUT2D eigenvalue weighted by molar-refractivity contribution is 6.95. The van der Waals surface area contributed by atoms with Gasteiger partial charge < -0.3 is 4.23 Å². The zero-order chi connectivity index (χ0) is 13.8. The molecule has 0 aromatic heterocycles. The maximum absolute atomic E-state index is 4.05. The van der Waals surface area contributed by atoms with E-state index in [1.807, 2.05) is 0 Å². The van der Waals surface area contributed by atoms with Gasteiger partial charge in [-0.05, 0) is 5.56 Å². The van der Waals surface area contributed by atoms with Crippen LogP contribution in [0.3, 0.4) is 0 Å². The zero-order valence-corrected chi connectivity index (χ0v) is 14.1. The summed E-state index contributed by atoms with van der Waals surface area (Å²) in [5.41, 5.74) is 5.73. The maximum atomic E-state index is 4.05. The third-order valence-corrected chi connectivity index (χ3v) is 12.1. The normalized spacial score (nSPS) is 12.5. The Labute approximate surface area is 114 Å². The smallest absolute Gasteiger partial charge is 0.140 e. The van der Waals surface area contributed by atoms with Crippen molar-refractivity contribution in [2.45, 2.75) is 32.7 Å². The van der Waals surface area contributed by atoms with Crippen molar-refractivity contribution in [3.05, 3.63) is 60.5 Å². The van der Waals surface area contributed by atoms with E-state index in [9.17, 15) is 0 Å². The second-order valence-electron chi connectivity index (χ2n) is 5.79. The number of nitrogens with zero attached hydrogens (tertiary/aromatic N) is 1. The van der Waals surface area contributed by atoms with Crippen molar-refractivity contribution < 1.29 is 0 Å². The molecule has 0 N–H and O–H groups in total.